The van der Waals surface area contributed by atoms with Crippen molar-refractivity contribution in [1.82, 2.24) is 0 Å². The Morgan fingerprint density at radius 2 is 1.65 bits per heavy atom. The van der Waals surface area contributed by atoms with Crippen molar-refractivity contribution in [2.75, 3.05) is 18.1 Å². The van der Waals surface area contributed by atoms with Gasteiger partial charge in [-0.15, -0.1) is 0 Å². The first-order valence-corrected chi connectivity index (χ1v) is 5.39. The maximum absolute atomic E-state index is 11.7. The molecule has 1 aliphatic heterocycles. The molecule has 0 aromatic carbocycles. The molecule has 1 aliphatic rings. The second kappa shape index (κ2) is 4.48. The SMILES string of the molecule is CCOC(=O)C(C(=O)OCC)N1c2cocc21. The summed E-state index contributed by atoms with van der Waals surface area (Å²) in [5.41, 5.74) is 1.44. The molecule has 0 spiro atoms. The van der Waals surface area contributed by atoms with E-state index in [0.29, 0.717) is 0 Å². The molecule has 2 rings (SSSR count). The number of fused-ring (bicyclic) bond motifs is 1. The lowest BCUT2D eigenvalue weighted by Crippen LogP contribution is -2.41. The fraction of sp³-hybridized carbons (Fsp3) is 0.455. The van der Waals surface area contributed by atoms with Crippen LogP contribution in [0.4, 0.5) is 11.4 Å². The summed E-state index contributed by atoms with van der Waals surface area (Å²) < 4.78 is 14.6. The van der Waals surface area contributed by atoms with Gasteiger partial charge in [0.05, 0.1) is 13.2 Å². The Bertz CT molecular complexity index is 402. The number of furan rings is 1. The van der Waals surface area contributed by atoms with Gasteiger partial charge in [-0.3, -0.25) is 0 Å². The third kappa shape index (κ3) is 1.98. The van der Waals surface area contributed by atoms with Crippen LogP contribution in [0.3, 0.4) is 0 Å². The van der Waals surface area contributed by atoms with Crippen molar-refractivity contribution in [2.45, 2.75) is 19.9 Å². The van der Waals surface area contributed by atoms with E-state index < -0.39 is 18.0 Å². The molecular weight excluding hydrogens is 226 g/mol. The van der Waals surface area contributed by atoms with E-state index in [0.717, 1.165) is 11.4 Å². The van der Waals surface area contributed by atoms with Gasteiger partial charge < -0.3 is 18.8 Å². The van der Waals surface area contributed by atoms with Crippen LogP contribution in [-0.2, 0) is 19.1 Å². The fourth-order valence-corrected chi connectivity index (χ4v) is 1.63. The molecule has 0 saturated carbocycles. The Labute approximate surface area is 98.1 Å². The second-order valence-corrected chi connectivity index (χ2v) is 3.42. The minimum Gasteiger partial charge on any atom is -0.468 e. The quantitative estimate of drug-likeness (QED) is 0.437. The smallest absolute Gasteiger partial charge is 0.340 e. The zero-order chi connectivity index (χ0) is 12.4. The van der Waals surface area contributed by atoms with Gasteiger partial charge in [0, 0.05) is 0 Å². The minimum atomic E-state index is -1.06. The molecule has 1 aromatic rings. The third-order valence-electron chi connectivity index (χ3n) is 2.37. The molecule has 92 valence electrons. The number of esters is 2. The first-order chi connectivity index (χ1) is 8.20. The molecule has 0 fully saturated rings. The molecule has 0 N–H and O–H groups in total. The molecule has 0 atom stereocenters. The van der Waals surface area contributed by atoms with Crippen molar-refractivity contribution in [3.8, 4) is 0 Å². The Hall–Kier alpha value is -1.98. The van der Waals surface area contributed by atoms with Crippen molar-refractivity contribution in [3.05, 3.63) is 12.5 Å². The third-order valence-corrected chi connectivity index (χ3v) is 2.37. The number of carbonyl (C=O) groups is 2. The van der Waals surface area contributed by atoms with Gasteiger partial charge in [-0.25, -0.2) is 9.59 Å². The van der Waals surface area contributed by atoms with E-state index in [9.17, 15) is 9.59 Å². The normalized spacial score (nSPS) is 12.3. The maximum atomic E-state index is 11.7. The van der Waals surface area contributed by atoms with Crippen molar-refractivity contribution < 1.29 is 23.5 Å². The highest BCUT2D eigenvalue weighted by Crippen LogP contribution is 2.50. The molecule has 0 radical (unpaired) electrons. The average molecular weight is 239 g/mol. The van der Waals surface area contributed by atoms with Gasteiger partial charge in [0.15, 0.2) is 0 Å². The van der Waals surface area contributed by atoms with E-state index in [-0.39, 0.29) is 13.2 Å². The highest BCUT2D eigenvalue weighted by atomic mass is 16.6. The van der Waals surface area contributed by atoms with Crippen LogP contribution in [0.5, 0.6) is 0 Å². The first kappa shape index (κ1) is 11.5. The van der Waals surface area contributed by atoms with E-state index in [4.69, 9.17) is 13.9 Å². The molecule has 6 nitrogen and oxygen atoms in total. The molecule has 1 aromatic heterocycles. The largest absolute Gasteiger partial charge is 0.468 e. The summed E-state index contributed by atoms with van der Waals surface area (Å²) in [5, 5.41) is 0. The van der Waals surface area contributed by atoms with E-state index >= 15 is 0 Å². The molecule has 0 saturated heterocycles. The van der Waals surface area contributed by atoms with Crippen molar-refractivity contribution >= 4 is 23.3 Å². The summed E-state index contributed by atoms with van der Waals surface area (Å²) in [4.78, 5) is 25.0. The van der Waals surface area contributed by atoms with Crippen molar-refractivity contribution in [3.63, 3.8) is 0 Å². The van der Waals surface area contributed by atoms with Gasteiger partial charge in [-0.2, -0.15) is 0 Å². The number of hydrogen-bond donors (Lipinski definition) is 0. The van der Waals surface area contributed by atoms with Crippen molar-refractivity contribution in [1.29, 1.82) is 0 Å². The minimum absolute atomic E-state index is 0.219. The predicted molar refractivity (Wildman–Crippen MR) is 57.9 cm³/mol. The number of hydrogen-bond acceptors (Lipinski definition) is 6. The lowest BCUT2D eigenvalue weighted by molar-refractivity contribution is -0.156. The topological polar surface area (TPSA) is 68.8 Å². The van der Waals surface area contributed by atoms with Gasteiger partial charge in [0.25, 0.3) is 0 Å². The Morgan fingerprint density at radius 1 is 1.18 bits per heavy atom. The Kier molecular flexibility index (Phi) is 3.03. The summed E-state index contributed by atoms with van der Waals surface area (Å²) in [6, 6.07) is -1.06. The molecule has 2 heterocycles. The van der Waals surface area contributed by atoms with E-state index in [1.165, 1.54) is 12.5 Å². The van der Waals surface area contributed by atoms with Crippen LogP contribution in [0.15, 0.2) is 16.9 Å². The van der Waals surface area contributed by atoms with Gasteiger partial charge in [0.1, 0.15) is 23.9 Å². The highest BCUT2D eigenvalue weighted by Gasteiger charge is 2.47. The number of anilines is 2. The predicted octanol–water partition coefficient (Wildman–Crippen LogP) is 1.23. The molecule has 17 heavy (non-hydrogen) atoms. The average Bonchev–Trinajstić information content (AvgIpc) is 2.75. The molecule has 6 heteroatoms. The van der Waals surface area contributed by atoms with E-state index in [2.05, 4.69) is 0 Å². The number of nitrogens with zero attached hydrogens (tertiary/aromatic N) is 1. The lowest BCUT2D eigenvalue weighted by atomic mass is 10.3. The van der Waals surface area contributed by atoms with E-state index in [1.807, 2.05) is 0 Å². The van der Waals surface area contributed by atoms with Gasteiger partial charge in [-0.05, 0) is 13.8 Å². The zero-order valence-corrected chi connectivity index (χ0v) is 9.63. The molecule has 0 amide bonds. The summed E-state index contributed by atoms with van der Waals surface area (Å²) in [6.45, 7) is 3.81. The first-order valence-electron chi connectivity index (χ1n) is 5.39. The van der Waals surface area contributed by atoms with Crippen LogP contribution in [0.25, 0.3) is 0 Å². The highest BCUT2D eigenvalue weighted by molar-refractivity contribution is 6.10. The van der Waals surface area contributed by atoms with Gasteiger partial charge >= 0.3 is 11.9 Å². The number of rotatable bonds is 5. The van der Waals surface area contributed by atoms with Crippen LogP contribution >= 0.6 is 0 Å². The standard InChI is InChI=1S/C11H13NO5/c1-3-16-10(13)9(11(14)17-4-2)12-7-5-15-6-8(7)12/h5-6,9H,3-4H2,1-2H3. The number of carbonyl (C=O) groups excluding carboxylic acids is 2. The zero-order valence-electron chi connectivity index (χ0n) is 9.63. The summed E-state index contributed by atoms with van der Waals surface area (Å²) in [7, 11) is 0. The lowest BCUT2D eigenvalue weighted by Gasteiger charge is -2.16. The maximum Gasteiger partial charge on any atom is 0.340 e. The van der Waals surface area contributed by atoms with E-state index in [1.54, 1.807) is 18.7 Å². The fourth-order valence-electron chi connectivity index (χ4n) is 1.63. The summed E-state index contributed by atoms with van der Waals surface area (Å²) >= 11 is 0. The van der Waals surface area contributed by atoms with Gasteiger partial charge in [0.2, 0.25) is 6.04 Å². The summed E-state index contributed by atoms with van der Waals surface area (Å²) in [6.07, 6.45) is 2.95. The molecule has 0 unspecified atom stereocenters. The molecular formula is C11H13NO5. The van der Waals surface area contributed by atoms with Crippen LogP contribution in [0, 0.1) is 0 Å². The Morgan fingerprint density at radius 3 is 2.06 bits per heavy atom. The number of ether oxygens (including phenoxy) is 2. The van der Waals surface area contributed by atoms with Crippen molar-refractivity contribution in [2.24, 2.45) is 0 Å². The van der Waals surface area contributed by atoms with Crippen LogP contribution in [0.1, 0.15) is 13.8 Å². The monoisotopic (exact) mass is 239 g/mol. The van der Waals surface area contributed by atoms with Crippen LogP contribution < -0.4 is 4.90 Å². The molecule has 0 aliphatic carbocycles. The van der Waals surface area contributed by atoms with Crippen LogP contribution in [-0.4, -0.2) is 31.2 Å². The summed E-state index contributed by atoms with van der Waals surface area (Å²) in [5.74, 6) is -1.22. The van der Waals surface area contributed by atoms with Gasteiger partial charge in [-0.1, -0.05) is 0 Å². The van der Waals surface area contributed by atoms with Crippen LogP contribution in [0.2, 0.25) is 0 Å². The molecule has 0 bridgehead atoms. The Balaban J connectivity index is 2.11. The second-order valence-electron chi connectivity index (χ2n) is 3.42.